The Hall–Kier alpha value is -1.55. The predicted octanol–water partition coefficient (Wildman–Crippen LogP) is 3.33. The largest absolute Gasteiger partial charge is 0.376 e. The molecule has 2 aliphatic rings. The van der Waals surface area contributed by atoms with Gasteiger partial charge in [0.15, 0.2) is 0 Å². The summed E-state index contributed by atoms with van der Waals surface area (Å²) in [6, 6.07) is 6.96. The van der Waals surface area contributed by atoms with Gasteiger partial charge in [-0.3, -0.25) is 0 Å². The lowest BCUT2D eigenvalue weighted by Gasteiger charge is -2.28. The fourth-order valence-electron chi connectivity index (χ4n) is 3.49. The second kappa shape index (κ2) is 6.29. The third-order valence-electron chi connectivity index (χ3n) is 5.11. The molecule has 1 aromatic carbocycles. The first-order valence-corrected chi connectivity index (χ1v) is 8.32. The van der Waals surface area contributed by atoms with E-state index in [-0.39, 0.29) is 24.2 Å². The number of amides is 2. The number of carbonyl (C=O) groups is 1. The maximum absolute atomic E-state index is 12.6. The molecule has 0 radical (unpaired) electrons. The summed E-state index contributed by atoms with van der Waals surface area (Å²) in [5.41, 5.74) is 3.85. The Labute approximate surface area is 132 Å². The Balaban J connectivity index is 1.72. The summed E-state index contributed by atoms with van der Waals surface area (Å²) in [6.07, 6.45) is 3.15. The normalized spacial score (nSPS) is 28.1. The van der Waals surface area contributed by atoms with Crippen molar-refractivity contribution in [2.75, 3.05) is 13.2 Å². The molecule has 4 heteroatoms. The molecule has 4 nitrogen and oxygen atoms in total. The van der Waals surface area contributed by atoms with E-state index in [0.717, 1.165) is 32.4 Å². The summed E-state index contributed by atoms with van der Waals surface area (Å²) in [7, 11) is 0. The van der Waals surface area contributed by atoms with E-state index < -0.39 is 0 Å². The first kappa shape index (κ1) is 15.3. The Bertz CT molecular complexity index is 558. The summed E-state index contributed by atoms with van der Waals surface area (Å²) in [4.78, 5) is 14.6. The molecular formula is C18H26N2O2. The molecule has 2 heterocycles. The minimum atomic E-state index is 0.0584. The van der Waals surface area contributed by atoms with Crippen LogP contribution in [-0.2, 0) is 4.74 Å². The SMILES string of the molecule is Cc1ccc([C@@H]2CCCN2C(=O)N[C@@H]2CCO[C@@H]2C)cc1C. The monoisotopic (exact) mass is 302 g/mol. The van der Waals surface area contributed by atoms with Gasteiger partial charge < -0.3 is 15.0 Å². The molecule has 0 aromatic heterocycles. The number of hydrogen-bond donors (Lipinski definition) is 1. The molecule has 22 heavy (non-hydrogen) atoms. The van der Waals surface area contributed by atoms with Gasteiger partial charge in [-0.2, -0.15) is 0 Å². The van der Waals surface area contributed by atoms with Gasteiger partial charge in [-0.25, -0.2) is 4.79 Å². The number of carbonyl (C=O) groups excluding carboxylic acids is 1. The second-order valence-corrected chi connectivity index (χ2v) is 6.62. The van der Waals surface area contributed by atoms with E-state index in [2.05, 4.69) is 37.4 Å². The number of benzene rings is 1. The lowest BCUT2D eigenvalue weighted by molar-refractivity contribution is 0.111. The number of nitrogens with one attached hydrogen (secondary N) is 1. The van der Waals surface area contributed by atoms with Crippen LogP contribution in [0.2, 0.25) is 0 Å². The summed E-state index contributed by atoms with van der Waals surface area (Å²) in [5.74, 6) is 0. The highest BCUT2D eigenvalue weighted by molar-refractivity contribution is 5.75. The first-order valence-electron chi connectivity index (χ1n) is 8.32. The molecule has 0 aliphatic carbocycles. The Morgan fingerprint density at radius 1 is 1.27 bits per heavy atom. The van der Waals surface area contributed by atoms with Crippen molar-refractivity contribution >= 4 is 6.03 Å². The van der Waals surface area contributed by atoms with Crippen molar-refractivity contribution in [2.45, 2.75) is 58.2 Å². The summed E-state index contributed by atoms with van der Waals surface area (Å²) >= 11 is 0. The molecular weight excluding hydrogens is 276 g/mol. The van der Waals surface area contributed by atoms with Gasteiger partial charge in [0.2, 0.25) is 0 Å². The van der Waals surface area contributed by atoms with Crippen LogP contribution in [0.5, 0.6) is 0 Å². The van der Waals surface area contributed by atoms with Gasteiger partial charge in [0.05, 0.1) is 18.2 Å². The van der Waals surface area contributed by atoms with Crippen LogP contribution < -0.4 is 5.32 Å². The molecule has 0 saturated carbocycles. The molecule has 2 saturated heterocycles. The smallest absolute Gasteiger partial charge is 0.318 e. The molecule has 2 fully saturated rings. The van der Waals surface area contributed by atoms with Crippen molar-refractivity contribution in [3.63, 3.8) is 0 Å². The third-order valence-corrected chi connectivity index (χ3v) is 5.11. The van der Waals surface area contributed by atoms with E-state index in [1.807, 2.05) is 11.8 Å². The van der Waals surface area contributed by atoms with Crippen LogP contribution in [0.25, 0.3) is 0 Å². The number of aryl methyl sites for hydroxylation is 2. The van der Waals surface area contributed by atoms with Crippen LogP contribution >= 0.6 is 0 Å². The van der Waals surface area contributed by atoms with E-state index in [1.54, 1.807) is 0 Å². The van der Waals surface area contributed by atoms with Gasteiger partial charge in [0, 0.05) is 13.2 Å². The number of likely N-dealkylation sites (tertiary alicyclic amines) is 1. The third kappa shape index (κ3) is 2.98. The summed E-state index contributed by atoms with van der Waals surface area (Å²) in [6.45, 7) is 7.87. The highest BCUT2D eigenvalue weighted by atomic mass is 16.5. The minimum Gasteiger partial charge on any atom is -0.376 e. The molecule has 0 bridgehead atoms. The standard InChI is InChI=1S/C18H26N2O2/c1-12-6-7-15(11-13(12)2)17-5-4-9-20(17)18(21)19-16-8-10-22-14(16)3/h6-7,11,14,16-17H,4-5,8-10H2,1-3H3,(H,19,21)/t14-,16-,17+/m1/s1. The zero-order chi connectivity index (χ0) is 15.7. The van der Waals surface area contributed by atoms with Crippen LogP contribution in [-0.4, -0.2) is 36.2 Å². The quantitative estimate of drug-likeness (QED) is 0.910. The van der Waals surface area contributed by atoms with Crippen LogP contribution in [0.4, 0.5) is 4.79 Å². The van der Waals surface area contributed by atoms with Gasteiger partial charge in [0.1, 0.15) is 0 Å². The zero-order valence-electron chi connectivity index (χ0n) is 13.8. The molecule has 3 rings (SSSR count). The molecule has 2 aliphatic heterocycles. The van der Waals surface area contributed by atoms with Crippen LogP contribution in [0.15, 0.2) is 18.2 Å². The van der Waals surface area contributed by atoms with Crippen molar-refractivity contribution in [1.29, 1.82) is 0 Å². The van der Waals surface area contributed by atoms with Gasteiger partial charge in [-0.1, -0.05) is 18.2 Å². The molecule has 3 atom stereocenters. The van der Waals surface area contributed by atoms with Gasteiger partial charge in [0.25, 0.3) is 0 Å². The fourth-order valence-corrected chi connectivity index (χ4v) is 3.49. The van der Waals surface area contributed by atoms with Crippen molar-refractivity contribution in [3.8, 4) is 0 Å². The summed E-state index contributed by atoms with van der Waals surface area (Å²) < 4.78 is 5.54. The first-order chi connectivity index (χ1) is 10.6. The molecule has 1 N–H and O–H groups in total. The molecule has 2 amide bonds. The Morgan fingerprint density at radius 2 is 2.09 bits per heavy atom. The fraction of sp³-hybridized carbons (Fsp3) is 0.611. The maximum Gasteiger partial charge on any atom is 0.318 e. The lowest BCUT2D eigenvalue weighted by Crippen LogP contribution is -2.46. The van der Waals surface area contributed by atoms with Crippen LogP contribution in [0.1, 0.15) is 48.9 Å². The van der Waals surface area contributed by atoms with Crippen molar-refractivity contribution in [2.24, 2.45) is 0 Å². The highest BCUT2D eigenvalue weighted by Gasteiger charge is 2.33. The Kier molecular flexibility index (Phi) is 4.39. The van der Waals surface area contributed by atoms with Crippen LogP contribution in [0, 0.1) is 13.8 Å². The molecule has 0 unspecified atom stereocenters. The number of ether oxygens (including phenoxy) is 1. The zero-order valence-corrected chi connectivity index (χ0v) is 13.8. The average molecular weight is 302 g/mol. The van der Waals surface area contributed by atoms with Crippen molar-refractivity contribution in [1.82, 2.24) is 10.2 Å². The molecule has 120 valence electrons. The van der Waals surface area contributed by atoms with Crippen LogP contribution in [0.3, 0.4) is 0 Å². The van der Waals surface area contributed by atoms with E-state index >= 15 is 0 Å². The number of rotatable bonds is 2. The number of hydrogen-bond acceptors (Lipinski definition) is 2. The number of nitrogens with zero attached hydrogens (tertiary/aromatic N) is 1. The van der Waals surface area contributed by atoms with Gasteiger partial charge in [-0.05, 0) is 56.7 Å². The second-order valence-electron chi connectivity index (χ2n) is 6.62. The number of urea groups is 1. The predicted molar refractivity (Wildman–Crippen MR) is 86.9 cm³/mol. The Morgan fingerprint density at radius 3 is 2.77 bits per heavy atom. The van der Waals surface area contributed by atoms with E-state index in [1.165, 1.54) is 16.7 Å². The molecule has 0 spiro atoms. The van der Waals surface area contributed by atoms with Gasteiger partial charge in [-0.15, -0.1) is 0 Å². The van der Waals surface area contributed by atoms with E-state index in [4.69, 9.17) is 4.74 Å². The minimum absolute atomic E-state index is 0.0584. The van der Waals surface area contributed by atoms with Crippen molar-refractivity contribution in [3.05, 3.63) is 34.9 Å². The summed E-state index contributed by atoms with van der Waals surface area (Å²) in [5, 5.41) is 3.16. The molecule has 1 aromatic rings. The average Bonchev–Trinajstić information content (AvgIpc) is 3.12. The lowest BCUT2D eigenvalue weighted by atomic mass is 9.99. The van der Waals surface area contributed by atoms with E-state index in [9.17, 15) is 4.79 Å². The highest BCUT2D eigenvalue weighted by Crippen LogP contribution is 2.33. The maximum atomic E-state index is 12.6. The van der Waals surface area contributed by atoms with Gasteiger partial charge >= 0.3 is 6.03 Å². The van der Waals surface area contributed by atoms with Crippen molar-refractivity contribution < 1.29 is 9.53 Å². The van der Waals surface area contributed by atoms with E-state index in [0.29, 0.717) is 0 Å². The topological polar surface area (TPSA) is 41.6 Å².